The van der Waals surface area contributed by atoms with Gasteiger partial charge < -0.3 is 9.84 Å². The average Bonchev–Trinajstić information content (AvgIpc) is 3.10. The Hall–Kier alpha value is -4.46. The molecule has 4 rings (SSSR count). The molecule has 33 heavy (non-hydrogen) atoms. The number of hydrogen-bond acceptors (Lipinski definition) is 6. The van der Waals surface area contributed by atoms with Crippen LogP contribution < -0.4 is 9.64 Å². The molecule has 166 valence electrons. The molecule has 0 saturated carbocycles. The molecule has 1 atom stereocenters. The van der Waals surface area contributed by atoms with Gasteiger partial charge in [0.05, 0.1) is 23.1 Å². The van der Waals surface area contributed by atoms with Gasteiger partial charge in [-0.05, 0) is 36.8 Å². The Labute approximate surface area is 189 Å². The summed E-state index contributed by atoms with van der Waals surface area (Å²) in [5.41, 5.74) is 0.752. The number of carbonyl (C=O) groups excluding carboxylic acids is 2. The summed E-state index contributed by atoms with van der Waals surface area (Å²) in [7, 11) is 0. The normalized spacial score (nSPS) is 17.2. The first kappa shape index (κ1) is 21.8. The van der Waals surface area contributed by atoms with Crippen LogP contribution in [0.2, 0.25) is 0 Å². The SMILES string of the molecule is CCOc1ccc(N2C(=O)C(=O)/C(=C(/O)c3ccccc3)[C@H]2c2cccc([N+](=O)[O-])c2)cc1. The molecule has 0 aliphatic carbocycles. The number of ketones is 1. The third kappa shape index (κ3) is 4.06. The van der Waals surface area contributed by atoms with Crippen LogP contribution in [0.15, 0.2) is 84.4 Å². The number of nitro benzene ring substituents is 1. The van der Waals surface area contributed by atoms with E-state index in [4.69, 9.17) is 4.74 Å². The van der Waals surface area contributed by atoms with E-state index in [0.717, 1.165) is 0 Å². The van der Waals surface area contributed by atoms with Crippen LogP contribution in [0.3, 0.4) is 0 Å². The van der Waals surface area contributed by atoms with Gasteiger partial charge in [0.1, 0.15) is 11.5 Å². The number of carbonyl (C=O) groups is 2. The van der Waals surface area contributed by atoms with Crippen molar-refractivity contribution in [3.05, 3.63) is 106 Å². The molecule has 0 bridgehead atoms. The highest BCUT2D eigenvalue weighted by molar-refractivity contribution is 6.51. The summed E-state index contributed by atoms with van der Waals surface area (Å²) in [4.78, 5) is 38.3. The van der Waals surface area contributed by atoms with E-state index in [1.54, 1.807) is 60.7 Å². The molecule has 1 saturated heterocycles. The largest absolute Gasteiger partial charge is 0.507 e. The van der Waals surface area contributed by atoms with E-state index in [1.165, 1.54) is 23.1 Å². The van der Waals surface area contributed by atoms with E-state index >= 15 is 0 Å². The number of nitro groups is 1. The summed E-state index contributed by atoms with van der Waals surface area (Å²) in [6.45, 7) is 2.31. The highest BCUT2D eigenvalue weighted by atomic mass is 16.6. The molecule has 1 N–H and O–H groups in total. The molecule has 1 aliphatic rings. The second-order valence-electron chi connectivity index (χ2n) is 7.31. The van der Waals surface area contributed by atoms with Crippen molar-refractivity contribution >= 4 is 28.8 Å². The Kier molecular flexibility index (Phi) is 5.91. The molecular formula is C25H20N2O6. The molecule has 0 unspecified atom stereocenters. The van der Waals surface area contributed by atoms with Crippen LogP contribution in [-0.4, -0.2) is 28.3 Å². The van der Waals surface area contributed by atoms with Gasteiger partial charge in [0.15, 0.2) is 0 Å². The number of aliphatic hydroxyl groups is 1. The Bertz CT molecular complexity index is 1250. The highest BCUT2D eigenvalue weighted by Gasteiger charge is 2.47. The van der Waals surface area contributed by atoms with Gasteiger partial charge in [0, 0.05) is 23.4 Å². The lowest BCUT2D eigenvalue weighted by Gasteiger charge is -2.25. The highest BCUT2D eigenvalue weighted by Crippen LogP contribution is 2.43. The van der Waals surface area contributed by atoms with Crippen LogP contribution in [0, 0.1) is 10.1 Å². The monoisotopic (exact) mass is 444 g/mol. The zero-order chi connectivity index (χ0) is 23.5. The van der Waals surface area contributed by atoms with Crippen molar-refractivity contribution < 1.29 is 24.4 Å². The number of rotatable bonds is 6. The molecule has 3 aromatic carbocycles. The Morgan fingerprint density at radius 3 is 2.36 bits per heavy atom. The number of hydrogen-bond donors (Lipinski definition) is 1. The minimum Gasteiger partial charge on any atom is -0.507 e. The number of nitrogens with zero attached hydrogens (tertiary/aromatic N) is 2. The number of aliphatic hydroxyl groups excluding tert-OH is 1. The van der Waals surface area contributed by atoms with Gasteiger partial charge in [0.2, 0.25) is 0 Å². The van der Waals surface area contributed by atoms with Crippen molar-refractivity contribution in [1.29, 1.82) is 0 Å². The van der Waals surface area contributed by atoms with Gasteiger partial charge in [0.25, 0.3) is 17.4 Å². The maximum Gasteiger partial charge on any atom is 0.300 e. The van der Waals surface area contributed by atoms with Crippen molar-refractivity contribution in [1.82, 2.24) is 0 Å². The summed E-state index contributed by atoms with van der Waals surface area (Å²) in [5.74, 6) is -1.47. The maximum atomic E-state index is 13.1. The second kappa shape index (κ2) is 8.96. The number of Topliss-reactive ketones (excluding diaryl/α,β-unsaturated/α-hetero) is 1. The quantitative estimate of drug-likeness (QED) is 0.195. The second-order valence-corrected chi connectivity index (χ2v) is 7.31. The Morgan fingerprint density at radius 1 is 1.03 bits per heavy atom. The molecular weight excluding hydrogens is 424 g/mol. The number of non-ortho nitro benzene ring substituents is 1. The lowest BCUT2D eigenvalue weighted by Crippen LogP contribution is -2.29. The predicted octanol–water partition coefficient (Wildman–Crippen LogP) is 4.62. The molecule has 8 nitrogen and oxygen atoms in total. The summed E-state index contributed by atoms with van der Waals surface area (Å²) >= 11 is 0. The number of benzene rings is 3. The molecule has 0 radical (unpaired) electrons. The van der Waals surface area contributed by atoms with Crippen molar-refractivity contribution in [3.63, 3.8) is 0 Å². The first-order chi connectivity index (χ1) is 15.9. The fourth-order valence-electron chi connectivity index (χ4n) is 3.84. The van der Waals surface area contributed by atoms with Crippen LogP contribution in [0.4, 0.5) is 11.4 Å². The fraction of sp³-hybridized carbons (Fsp3) is 0.120. The van der Waals surface area contributed by atoms with Gasteiger partial charge in [-0.3, -0.25) is 24.6 Å². The third-order valence-electron chi connectivity index (χ3n) is 5.31. The number of anilines is 1. The first-order valence-corrected chi connectivity index (χ1v) is 10.3. The lowest BCUT2D eigenvalue weighted by molar-refractivity contribution is -0.384. The molecule has 1 amide bonds. The molecule has 1 fully saturated rings. The van der Waals surface area contributed by atoms with Gasteiger partial charge >= 0.3 is 0 Å². The van der Waals surface area contributed by atoms with Gasteiger partial charge in [-0.2, -0.15) is 0 Å². The minimum absolute atomic E-state index is 0.138. The molecule has 3 aromatic rings. The van der Waals surface area contributed by atoms with Crippen molar-refractivity contribution in [2.45, 2.75) is 13.0 Å². The Morgan fingerprint density at radius 2 is 1.73 bits per heavy atom. The smallest absolute Gasteiger partial charge is 0.300 e. The molecule has 0 spiro atoms. The molecule has 0 aromatic heterocycles. The maximum absolute atomic E-state index is 13.1. The zero-order valence-corrected chi connectivity index (χ0v) is 17.7. The topological polar surface area (TPSA) is 110 Å². The van der Waals surface area contributed by atoms with Crippen LogP contribution in [0.5, 0.6) is 5.75 Å². The molecule has 1 aliphatic heterocycles. The van der Waals surface area contributed by atoms with Crippen molar-refractivity contribution in [2.75, 3.05) is 11.5 Å². The summed E-state index contributed by atoms with van der Waals surface area (Å²) in [6.07, 6.45) is 0. The number of ether oxygens (including phenoxy) is 1. The lowest BCUT2D eigenvalue weighted by atomic mass is 9.95. The van der Waals surface area contributed by atoms with Gasteiger partial charge in [-0.25, -0.2) is 0 Å². The van der Waals surface area contributed by atoms with Crippen LogP contribution in [0.25, 0.3) is 5.76 Å². The number of amides is 1. The van der Waals surface area contributed by atoms with Gasteiger partial charge in [-0.15, -0.1) is 0 Å². The van der Waals surface area contributed by atoms with Gasteiger partial charge in [-0.1, -0.05) is 42.5 Å². The van der Waals surface area contributed by atoms with E-state index in [9.17, 15) is 24.8 Å². The van der Waals surface area contributed by atoms with E-state index in [2.05, 4.69) is 0 Å². The van der Waals surface area contributed by atoms with Crippen LogP contribution in [-0.2, 0) is 9.59 Å². The van der Waals surface area contributed by atoms with Crippen LogP contribution in [0.1, 0.15) is 24.1 Å². The summed E-state index contributed by atoms with van der Waals surface area (Å²) < 4.78 is 5.45. The van der Waals surface area contributed by atoms with Crippen LogP contribution >= 0.6 is 0 Å². The van der Waals surface area contributed by atoms with Crippen molar-refractivity contribution in [2.24, 2.45) is 0 Å². The minimum atomic E-state index is -1.05. The Balaban J connectivity index is 1.92. The predicted molar refractivity (Wildman–Crippen MR) is 122 cm³/mol. The summed E-state index contributed by atoms with van der Waals surface area (Å²) in [6, 6.07) is 19.6. The van der Waals surface area contributed by atoms with E-state index in [0.29, 0.717) is 29.2 Å². The van der Waals surface area contributed by atoms with E-state index in [-0.39, 0.29) is 17.0 Å². The third-order valence-corrected chi connectivity index (χ3v) is 5.31. The van der Waals surface area contributed by atoms with Crippen molar-refractivity contribution in [3.8, 4) is 5.75 Å². The standard InChI is InChI=1S/C25H20N2O6/c1-2-33-20-13-11-18(12-14-20)26-22(17-9-6-10-19(15-17)27(31)32)21(24(29)25(26)30)23(28)16-7-4-3-5-8-16/h3-15,22,28H,2H2,1H3/b23-21+/t22-/m1/s1. The average molecular weight is 444 g/mol. The molecule has 1 heterocycles. The zero-order valence-electron chi connectivity index (χ0n) is 17.7. The fourth-order valence-corrected chi connectivity index (χ4v) is 3.84. The first-order valence-electron chi connectivity index (χ1n) is 10.3. The van der Waals surface area contributed by atoms with E-state index < -0.39 is 22.7 Å². The van der Waals surface area contributed by atoms with E-state index in [1.807, 2.05) is 6.92 Å². The summed E-state index contributed by atoms with van der Waals surface area (Å²) in [5, 5.41) is 22.4. The molecule has 8 heteroatoms.